The van der Waals surface area contributed by atoms with E-state index in [1.165, 1.54) is 0 Å². The summed E-state index contributed by atoms with van der Waals surface area (Å²) in [4.78, 5) is 10.3. The predicted molar refractivity (Wildman–Crippen MR) is 36.8 cm³/mol. The van der Waals surface area contributed by atoms with Crippen LogP contribution in [-0.4, -0.2) is 11.2 Å². The standard InChI is InChI=1S/C5H8N2OS/c6-3-1-2-4(7)5(8)9/h4H,1-2,7H2,(H,8,9). The van der Waals surface area contributed by atoms with E-state index in [2.05, 4.69) is 12.6 Å². The minimum absolute atomic E-state index is 0.313. The van der Waals surface area contributed by atoms with Crippen molar-refractivity contribution in [2.45, 2.75) is 18.9 Å². The van der Waals surface area contributed by atoms with Crippen LogP contribution in [-0.2, 0) is 4.79 Å². The Balaban J connectivity index is 3.41. The Kier molecular flexibility index (Phi) is 4.10. The van der Waals surface area contributed by atoms with E-state index in [-0.39, 0.29) is 5.12 Å². The van der Waals surface area contributed by atoms with Gasteiger partial charge in [0.15, 0.2) is 0 Å². The van der Waals surface area contributed by atoms with E-state index in [0.717, 1.165) is 0 Å². The zero-order chi connectivity index (χ0) is 7.28. The molecule has 0 aromatic carbocycles. The molecular formula is C5H8N2OS. The first-order valence-corrected chi connectivity index (χ1v) is 2.98. The van der Waals surface area contributed by atoms with Crippen LogP contribution in [0.15, 0.2) is 0 Å². The molecule has 0 fully saturated rings. The number of carbonyl (C=O) groups excluding carboxylic acids is 1. The summed E-state index contributed by atoms with van der Waals surface area (Å²) in [6.07, 6.45) is 0.715. The number of hydrogen-bond acceptors (Lipinski definition) is 3. The lowest BCUT2D eigenvalue weighted by molar-refractivity contribution is -0.112. The highest BCUT2D eigenvalue weighted by molar-refractivity contribution is 7.96. The van der Waals surface area contributed by atoms with Gasteiger partial charge in [-0.05, 0) is 6.42 Å². The van der Waals surface area contributed by atoms with Crippen LogP contribution in [0.5, 0.6) is 0 Å². The number of nitrogens with two attached hydrogens (primary N) is 1. The third-order valence-corrected chi connectivity index (χ3v) is 1.22. The molecular weight excluding hydrogens is 136 g/mol. The quantitative estimate of drug-likeness (QED) is 0.551. The highest BCUT2D eigenvalue weighted by Crippen LogP contribution is 1.95. The van der Waals surface area contributed by atoms with E-state index in [1.807, 2.05) is 6.07 Å². The maximum Gasteiger partial charge on any atom is 0.202 e. The normalized spacial score (nSPS) is 12.1. The number of nitriles is 1. The Morgan fingerprint density at radius 1 is 1.89 bits per heavy atom. The summed E-state index contributed by atoms with van der Waals surface area (Å²) in [5.41, 5.74) is 5.23. The van der Waals surface area contributed by atoms with E-state index < -0.39 is 6.04 Å². The van der Waals surface area contributed by atoms with Crippen LogP contribution in [0.25, 0.3) is 0 Å². The largest absolute Gasteiger partial charge is 0.321 e. The molecule has 0 aromatic heterocycles. The van der Waals surface area contributed by atoms with Crippen LogP contribution in [0.3, 0.4) is 0 Å². The highest BCUT2D eigenvalue weighted by Gasteiger charge is 2.06. The van der Waals surface area contributed by atoms with Crippen molar-refractivity contribution in [2.75, 3.05) is 0 Å². The minimum Gasteiger partial charge on any atom is -0.321 e. The minimum atomic E-state index is -0.576. The van der Waals surface area contributed by atoms with Gasteiger partial charge in [0.2, 0.25) is 5.12 Å². The molecule has 0 aliphatic rings. The second-order valence-corrected chi connectivity index (χ2v) is 2.08. The van der Waals surface area contributed by atoms with E-state index in [4.69, 9.17) is 11.0 Å². The Labute approximate surface area is 59.2 Å². The third-order valence-electron chi connectivity index (χ3n) is 0.884. The summed E-state index contributed by atoms with van der Waals surface area (Å²) < 4.78 is 0. The average Bonchev–Trinajstić information content (AvgIpc) is 1.82. The Morgan fingerprint density at radius 3 is 2.78 bits per heavy atom. The second kappa shape index (κ2) is 4.36. The molecule has 1 unspecified atom stereocenters. The fourth-order valence-corrected chi connectivity index (χ4v) is 0.473. The molecule has 4 heteroatoms. The Hall–Kier alpha value is -0.530. The fourth-order valence-electron chi connectivity index (χ4n) is 0.344. The van der Waals surface area contributed by atoms with Crippen molar-refractivity contribution in [3.63, 3.8) is 0 Å². The SMILES string of the molecule is N#CCCC(N)C(=O)S. The first-order chi connectivity index (χ1) is 4.18. The lowest BCUT2D eigenvalue weighted by Crippen LogP contribution is -2.26. The molecule has 0 aliphatic heterocycles. The van der Waals surface area contributed by atoms with Crippen LogP contribution in [0, 0.1) is 11.3 Å². The fraction of sp³-hybridized carbons (Fsp3) is 0.600. The van der Waals surface area contributed by atoms with E-state index >= 15 is 0 Å². The van der Waals surface area contributed by atoms with Gasteiger partial charge in [-0.3, -0.25) is 4.79 Å². The molecule has 2 N–H and O–H groups in total. The van der Waals surface area contributed by atoms with Gasteiger partial charge in [0, 0.05) is 6.42 Å². The zero-order valence-electron chi connectivity index (χ0n) is 4.87. The Bertz CT molecular complexity index is 140. The lowest BCUT2D eigenvalue weighted by Gasteiger charge is -2.00. The van der Waals surface area contributed by atoms with Gasteiger partial charge < -0.3 is 5.73 Å². The predicted octanol–water partition coefficient (Wildman–Crippen LogP) is 0.0739. The van der Waals surface area contributed by atoms with Gasteiger partial charge in [-0.1, -0.05) is 0 Å². The van der Waals surface area contributed by atoms with Crippen molar-refractivity contribution in [2.24, 2.45) is 5.73 Å². The number of rotatable bonds is 3. The molecule has 0 amide bonds. The van der Waals surface area contributed by atoms with Crippen LogP contribution in [0.1, 0.15) is 12.8 Å². The molecule has 0 heterocycles. The van der Waals surface area contributed by atoms with Gasteiger partial charge in [0.1, 0.15) is 0 Å². The van der Waals surface area contributed by atoms with Gasteiger partial charge in [0.05, 0.1) is 12.1 Å². The van der Waals surface area contributed by atoms with E-state index in [0.29, 0.717) is 12.8 Å². The van der Waals surface area contributed by atoms with Crippen molar-refractivity contribution in [3.05, 3.63) is 0 Å². The number of thiol groups is 1. The monoisotopic (exact) mass is 144 g/mol. The molecule has 0 bridgehead atoms. The van der Waals surface area contributed by atoms with Crippen molar-refractivity contribution in [3.8, 4) is 6.07 Å². The van der Waals surface area contributed by atoms with Crippen molar-refractivity contribution >= 4 is 17.7 Å². The summed E-state index contributed by atoms with van der Waals surface area (Å²) in [6, 6.07) is 1.31. The molecule has 1 atom stereocenters. The smallest absolute Gasteiger partial charge is 0.202 e. The molecule has 0 saturated heterocycles. The van der Waals surface area contributed by atoms with Gasteiger partial charge in [-0.25, -0.2) is 0 Å². The second-order valence-electron chi connectivity index (χ2n) is 1.64. The number of hydrogen-bond donors (Lipinski definition) is 2. The molecule has 0 aliphatic carbocycles. The van der Waals surface area contributed by atoms with Crippen molar-refractivity contribution in [1.29, 1.82) is 5.26 Å². The molecule has 0 aromatic rings. The first-order valence-electron chi connectivity index (χ1n) is 2.54. The molecule has 50 valence electrons. The molecule has 0 radical (unpaired) electrons. The van der Waals surface area contributed by atoms with Crippen molar-refractivity contribution < 1.29 is 4.79 Å². The highest BCUT2D eigenvalue weighted by atomic mass is 32.1. The Morgan fingerprint density at radius 2 is 2.44 bits per heavy atom. The summed E-state index contributed by atoms with van der Waals surface area (Å²) >= 11 is 3.49. The summed E-state index contributed by atoms with van der Waals surface area (Å²) in [5, 5.41) is 7.70. The van der Waals surface area contributed by atoms with Crippen LogP contribution in [0.2, 0.25) is 0 Å². The topological polar surface area (TPSA) is 66.9 Å². The van der Waals surface area contributed by atoms with Crippen LogP contribution in [0.4, 0.5) is 0 Å². The van der Waals surface area contributed by atoms with Gasteiger partial charge >= 0.3 is 0 Å². The maximum absolute atomic E-state index is 10.3. The molecule has 0 spiro atoms. The third kappa shape index (κ3) is 4.01. The van der Waals surface area contributed by atoms with Gasteiger partial charge in [-0.2, -0.15) is 5.26 Å². The van der Waals surface area contributed by atoms with E-state index in [9.17, 15) is 4.79 Å². The zero-order valence-corrected chi connectivity index (χ0v) is 5.77. The van der Waals surface area contributed by atoms with Crippen LogP contribution < -0.4 is 5.73 Å². The molecule has 3 nitrogen and oxygen atoms in total. The van der Waals surface area contributed by atoms with Gasteiger partial charge in [-0.15, -0.1) is 12.6 Å². The summed E-state index contributed by atoms with van der Waals surface area (Å²) in [5.74, 6) is 0. The average molecular weight is 144 g/mol. The molecule has 0 rings (SSSR count). The lowest BCUT2D eigenvalue weighted by atomic mass is 10.2. The maximum atomic E-state index is 10.3. The molecule has 0 saturated carbocycles. The van der Waals surface area contributed by atoms with Gasteiger partial charge in [0.25, 0.3) is 0 Å². The van der Waals surface area contributed by atoms with E-state index in [1.54, 1.807) is 0 Å². The van der Waals surface area contributed by atoms with Crippen molar-refractivity contribution in [1.82, 2.24) is 0 Å². The number of nitrogens with zero attached hydrogens (tertiary/aromatic N) is 1. The molecule has 9 heavy (non-hydrogen) atoms. The first kappa shape index (κ1) is 8.47. The summed E-state index contributed by atoms with van der Waals surface area (Å²) in [6.45, 7) is 0. The van der Waals surface area contributed by atoms with Crippen LogP contribution >= 0.6 is 12.6 Å². The number of carbonyl (C=O) groups is 1. The summed E-state index contributed by atoms with van der Waals surface area (Å²) in [7, 11) is 0.